The smallest absolute Gasteiger partial charge is 0.296 e. The Bertz CT molecular complexity index is 1260. The molecule has 0 saturated heterocycles. The van der Waals surface area contributed by atoms with Crippen LogP contribution in [0.3, 0.4) is 0 Å². The molecule has 0 unspecified atom stereocenters. The first-order valence-electron chi connectivity index (χ1n) is 8.47. The van der Waals surface area contributed by atoms with Gasteiger partial charge in [-0.15, -0.1) is 0 Å². The monoisotopic (exact) mass is 387 g/mol. The van der Waals surface area contributed by atoms with E-state index in [-0.39, 0.29) is 16.8 Å². The molecular weight excluding hydrogens is 366 g/mol. The van der Waals surface area contributed by atoms with Crippen LogP contribution in [0.15, 0.2) is 56.9 Å². The molecule has 0 aliphatic rings. The molecule has 2 aromatic carbocycles. The molecule has 0 radical (unpaired) electrons. The second-order valence-electron chi connectivity index (χ2n) is 6.39. The Balaban J connectivity index is 2.24. The maximum absolute atomic E-state index is 13.2. The van der Waals surface area contributed by atoms with Crippen LogP contribution in [0.2, 0.25) is 0 Å². The van der Waals surface area contributed by atoms with Crippen molar-refractivity contribution in [2.24, 2.45) is 14.1 Å². The first-order valence-corrected chi connectivity index (χ1v) is 9.91. The highest BCUT2D eigenvalue weighted by Gasteiger charge is 2.25. The Morgan fingerprint density at radius 2 is 1.70 bits per heavy atom. The van der Waals surface area contributed by atoms with Crippen molar-refractivity contribution in [2.45, 2.75) is 18.7 Å². The van der Waals surface area contributed by atoms with Crippen molar-refractivity contribution in [3.05, 3.63) is 68.9 Å². The molecule has 3 rings (SSSR count). The Morgan fingerprint density at radius 3 is 2.33 bits per heavy atom. The van der Waals surface area contributed by atoms with Gasteiger partial charge in [0.25, 0.3) is 15.6 Å². The second-order valence-corrected chi connectivity index (χ2v) is 8.26. The molecule has 0 spiro atoms. The lowest BCUT2D eigenvalue weighted by Gasteiger charge is -2.23. The van der Waals surface area contributed by atoms with Gasteiger partial charge >= 0.3 is 5.69 Å². The van der Waals surface area contributed by atoms with Crippen LogP contribution in [-0.4, -0.2) is 24.1 Å². The van der Waals surface area contributed by atoms with E-state index in [9.17, 15) is 18.0 Å². The molecule has 0 atom stereocenters. The first kappa shape index (κ1) is 18.9. The zero-order chi connectivity index (χ0) is 19.9. The second kappa shape index (κ2) is 6.70. The van der Waals surface area contributed by atoms with E-state index >= 15 is 0 Å². The van der Waals surface area contributed by atoms with Crippen molar-refractivity contribution >= 4 is 26.6 Å². The van der Waals surface area contributed by atoms with Gasteiger partial charge < -0.3 is 0 Å². The van der Waals surface area contributed by atoms with Gasteiger partial charge in [-0.2, -0.15) is 0 Å². The Labute approximate surface area is 157 Å². The topological polar surface area (TPSA) is 81.4 Å². The fraction of sp³-hybridized carbons (Fsp3) is 0.263. The number of benzene rings is 2. The minimum atomic E-state index is -3.87. The van der Waals surface area contributed by atoms with Gasteiger partial charge in [-0.25, -0.2) is 13.2 Å². The number of hydrogen-bond acceptors (Lipinski definition) is 4. The normalized spacial score (nSPS) is 11.7. The van der Waals surface area contributed by atoms with E-state index in [4.69, 9.17) is 0 Å². The summed E-state index contributed by atoms with van der Waals surface area (Å²) in [4.78, 5) is 24.5. The van der Waals surface area contributed by atoms with Crippen LogP contribution in [0.25, 0.3) is 10.9 Å². The third-order valence-corrected chi connectivity index (χ3v) is 6.50. The zero-order valence-electron chi connectivity index (χ0n) is 15.6. The van der Waals surface area contributed by atoms with Crippen LogP contribution in [0.4, 0.5) is 5.69 Å². The van der Waals surface area contributed by atoms with Gasteiger partial charge in [0.2, 0.25) is 0 Å². The van der Waals surface area contributed by atoms with Crippen molar-refractivity contribution in [1.29, 1.82) is 0 Å². The van der Waals surface area contributed by atoms with E-state index in [1.54, 1.807) is 32.2 Å². The van der Waals surface area contributed by atoms with E-state index < -0.39 is 21.3 Å². The molecule has 0 saturated carbocycles. The number of hydrogen-bond donors (Lipinski definition) is 0. The molecule has 0 amide bonds. The van der Waals surface area contributed by atoms with Gasteiger partial charge in [-0.1, -0.05) is 12.1 Å². The quantitative estimate of drug-likeness (QED) is 0.683. The Kier molecular flexibility index (Phi) is 4.69. The summed E-state index contributed by atoms with van der Waals surface area (Å²) in [6.45, 7) is 3.89. The van der Waals surface area contributed by atoms with Gasteiger partial charge in [0, 0.05) is 20.6 Å². The summed E-state index contributed by atoms with van der Waals surface area (Å²) >= 11 is 0. The number of aromatic nitrogens is 2. The van der Waals surface area contributed by atoms with Gasteiger partial charge in [-0.3, -0.25) is 18.2 Å². The van der Waals surface area contributed by atoms with E-state index in [0.29, 0.717) is 11.2 Å². The highest BCUT2D eigenvalue weighted by atomic mass is 32.2. The van der Waals surface area contributed by atoms with E-state index in [0.717, 1.165) is 10.1 Å². The molecule has 0 bridgehead atoms. The van der Waals surface area contributed by atoms with Gasteiger partial charge in [0.1, 0.15) is 0 Å². The van der Waals surface area contributed by atoms with Crippen LogP contribution in [0.1, 0.15) is 12.5 Å². The Hall–Kier alpha value is -2.87. The number of fused-ring (bicyclic) bond motifs is 1. The minimum absolute atomic E-state index is 0.00843. The third-order valence-electron chi connectivity index (χ3n) is 4.60. The SMILES string of the molecule is CCN(c1cccc(C)c1)S(=O)(=O)c1ccc2c(c1)c(=O)n(C)c(=O)n2C. The first-order chi connectivity index (χ1) is 12.7. The van der Waals surface area contributed by atoms with Crippen molar-refractivity contribution in [1.82, 2.24) is 9.13 Å². The standard InChI is InChI=1S/C19H21N3O4S/c1-5-22(14-8-6-7-13(2)11-14)27(25,26)15-9-10-17-16(12-15)18(23)21(4)19(24)20(17)3/h6-12H,5H2,1-4H3. The fourth-order valence-corrected chi connectivity index (χ4v) is 4.63. The van der Waals surface area contributed by atoms with E-state index in [2.05, 4.69) is 0 Å². The summed E-state index contributed by atoms with van der Waals surface area (Å²) < 4.78 is 30.0. The molecule has 0 aliphatic carbocycles. The van der Waals surface area contributed by atoms with Crippen LogP contribution in [0.5, 0.6) is 0 Å². The van der Waals surface area contributed by atoms with Crippen LogP contribution >= 0.6 is 0 Å². The third kappa shape index (κ3) is 3.06. The van der Waals surface area contributed by atoms with Crippen molar-refractivity contribution in [3.8, 4) is 0 Å². The average Bonchev–Trinajstić information content (AvgIpc) is 2.64. The summed E-state index contributed by atoms with van der Waals surface area (Å²) in [6.07, 6.45) is 0. The molecule has 3 aromatic rings. The fourth-order valence-electron chi connectivity index (χ4n) is 3.14. The maximum atomic E-state index is 13.2. The molecule has 7 nitrogen and oxygen atoms in total. The summed E-state index contributed by atoms with van der Waals surface area (Å²) in [7, 11) is -0.951. The van der Waals surface area contributed by atoms with Crippen molar-refractivity contribution in [2.75, 3.05) is 10.8 Å². The van der Waals surface area contributed by atoms with Crippen LogP contribution in [0, 0.1) is 6.92 Å². The van der Waals surface area contributed by atoms with Crippen LogP contribution in [-0.2, 0) is 24.1 Å². The predicted octanol–water partition coefficient (Wildman–Crippen LogP) is 1.76. The number of aryl methyl sites for hydroxylation is 2. The Morgan fingerprint density at radius 1 is 1.00 bits per heavy atom. The van der Waals surface area contributed by atoms with Gasteiger partial charge in [0.05, 0.1) is 21.5 Å². The van der Waals surface area contributed by atoms with Gasteiger partial charge in [-0.05, 0) is 49.7 Å². The maximum Gasteiger partial charge on any atom is 0.330 e. The lowest BCUT2D eigenvalue weighted by molar-refractivity contribution is 0.592. The molecular formula is C19H21N3O4S. The molecule has 8 heteroatoms. The molecule has 0 N–H and O–H groups in total. The lowest BCUT2D eigenvalue weighted by Crippen LogP contribution is -2.37. The van der Waals surface area contributed by atoms with Crippen LogP contribution < -0.4 is 15.6 Å². The summed E-state index contributed by atoms with van der Waals surface area (Å²) in [5, 5.41) is 0.181. The summed E-state index contributed by atoms with van der Waals surface area (Å²) in [6, 6.07) is 11.5. The minimum Gasteiger partial charge on any atom is -0.296 e. The van der Waals surface area contributed by atoms with E-state index in [1.165, 1.54) is 34.1 Å². The van der Waals surface area contributed by atoms with Crippen molar-refractivity contribution < 1.29 is 8.42 Å². The summed E-state index contributed by atoms with van der Waals surface area (Å²) in [5.41, 5.74) is 0.914. The molecule has 1 aromatic heterocycles. The van der Waals surface area contributed by atoms with Crippen molar-refractivity contribution in [3.63, 3.8) is 0 Å². The molecule has 142 valence electrons. The number of anilines is 1. The highest BCUT2D eigenvalue weighted by Crippen LogP contribution is 2.25. The number of nitrogens with zero attached hydrogens (tertiary/aromatic N) is 3. The average molecular weight is 387 g/mol. The van der Waals surface area contributed by atoms with Gasteiger partial charge in [0.15, 0.2) is 0 Å². The molecule has 27 heavy (non-hydrogen) atoms. The molecule has 0 aliphatic heterocycles. The van der Waals surface area contributed by atoms with E-state index in [1.807, 2.05) is 13.0 Å². The summed E-state index contributed by atoms with van der Waals surface area (Å²) in [5.74, 6) is 0. The molecule has 1 heterocycles. The lowest BCUT2D eigenvalue weighted by atomic mass is 10.2. The largest absolute Gasteiger partial charge is 0.330 e. The predicted molar refractivity (Wildman–Crippen MR) is 106 cm³/mol. The molecule has 0 fully saturated rings. The highest BCUT2D eigenvalue weighted by molar-refractivity contribution is 7.92. The number of sulfonamides is 1. The number of rotatable bonds is 4. The zero-order valence-corrected chi connectivity index (χ0v) is 16.4.